The van der Waals surface area contributed by atoms with E-state index in [1.165, 1.54) is 0 Å². The zero-order valence-electron chi connectivity index (χ0n) is 6.39. The van der Waals surface area contributed by atoms with Crippen LogP contribution >= 0.6 is 0 Å². The lowest BCUT2D eigenvalue weighted by Crippen LogP contribution is -2.05. The molecule has 0 saturated heterocycles. The minimum absolute atomic E-state index is 0.105. The topological polar surface area (TPSA) is 34.1 Å². The van der Waals surface area contributed by atoms with Gasteiger partial charge in [-0.1, -0.05) is 13.8 Å². The Morgan fingerprint density at radius 3 is 2.50 bits per heavy atom. The SMILES string of the molecule is CC1(C)CC1C(=O)CC=O. The largest absolute Gasteiger partial charge is 0.303 e. The summed E-state index contributed by atoms with van der Waals surface area (Å²) >= 11 is 0. The van der Waals surface area contributed by atoms with Gasteiger partial charge in [0.1, 0.15) is 12.1 Å². The molecule has 0 N–H and O–H groups in total. The van der Waals surface area contributed by atoms with E-state index < -0.39 is 0 Å². The summed E-state index contributed by atoms with van der Waals surface area (Å²) in [5.41, 5.74) is 0.181. The van der Waals surface area contributed by atoms with Crippen molar-refractivity contribution in [3.63, 3.8) is 0 Å². The van der Waals surface area contributed by atoms with Crippen molar-refractivity contribution in [2.75, 3.05) is 0 Å². The Morgan fingerprint density at radius 1 is 1.70 bits per heavy atom. The molecule has 2 nitrogen and oxygen atoms in total. The molecule has 1 atom stereocenters. The van der Waals surface area contributed by atoms with Crippen LogP contribution in [0.1, 0.15) is 26.7 Å². The quantitative estimate of drug-likeness (QED) is 0.436. The van der Waals surface area contributed by atoms with Gasteiger partial charge in [0.2, 0.25) is 0 Å². The fraction of sp³-hybridized carbons (Fsp3) is 0.750. The molecule has 10 heavy (non-hydrogen) atoms. The van der Waals surface area contributed by atoms with E-state index in [-0.39, 0.29) is 23.5 Å². The first-order valence-electron chi connectivity index (χ1n) is 3.54. The number of hydrogen-bond donors (Lipinski definition) is 0. The van der Waals surface area contributed by atoms with Gasteiger partial charge >= 0.3 is 0 Å². The van der Waals surface area contributed by atoms with Gasteiger partial charge in [-0.3, -0.25) is 4.79 Å². The van der Waals surface area contributed by atoms with E-state index in [2.05, 4.69) is 13.8 Å². The maximum Gasteiger partial charge on any atom is 0.143 e. The molecular weight excluding hydrogens is 128 g/mol. The Bertz CT molecular complexity index is 170. The fourth-order valence-corrected chi connectivity index (χ4v) is 1.24. The van der Waals surface area contributed by atoms with Gasteiger partial charge in [-0.15, -0.1) is 0 Å². The lowest BCUT2D eigenvalue weighted by molar-refractivity contribution is -0.123. The van der Waals surface area contributed by atoms with E-state index in [0.717, 1.165) is 6.42 Å². The van der Waals surface area contributed by atoms with Gasteiger partial charge in [0.05, 0.1) is 6.42 Å². The molecule has 0 radical (unpaired) electrons. The van der Waals surface area contributed by atoms with Crippen LogP contribution in [0.25, 0.3) is 0 Å². The van der Waals surface area contributed by atoms with Gasteiger partial charge in [0.15, 0.2) is 0 Å². The predicted molar refractivity (Wildman–Crippen MR) is 37.6 cm³/mol. The molecule has 1 unspecified atom stereocenters. The van der Waals surface area contributed by atoms with E-state index in [0.29, 0.717) is 6.29 Å². The zero-order valence-corrected chi connectivity index (χ0v) is 6.39. The normalized spacial score (nSPS) is 27.6. The average molecular weight is 140 g/mol. The van der Waals surface area contributed by atoms with Crippen LogP contribution in [0.2, 0.25) is 0 Å². The van der Waals surface area contributed by atoms with Crippen LogP contribution in [0.5, 0.6) is 0 Å². The van der Waals surface area contributed by atoms with E-state index in [1.807, 2.05) is 0 Å². The number of aldehydes is 1. The second-order valence-electron chi connectivity index (χ2n) is 3.58. The number of hydrogen-bond acceptors (Lipinski definition) is 2. The summed E-state index contributed by atoms with van der Waals surface area (Å²) in [6.07, 6.45) is 1.75. The molecule has 0 heterocycles. The molecule has 2 heteroatoms. The van der Waals surface area contributed by atoms with Gasteiger partial charge in [-0.05, 0) is 11.8 Å². The summed E-state index contributed by atoms with van der Waals surface area (Å²) in [6.45, 7) is 4.11. The molecule has 1 fully saturated rings. The highest BCUT2D eigenvalue weighted by Gasteiger charge is 2.49. The third kappa shape index (κ3) is 1.25. The Balaban J connectivity index is 2.40. The Kier molecular flexibility index (Phi) is 1.63. The molecule has 0 spiro atoms. The Labute approximate surface area is 60.6 Å². The van der Waals surface area contributed by atoms with Crippen LogP contribution in [0.4, 0.5) is 0 Å². The Morgan fingerprint density at radius 2 is 2.20 bits per heavy atom. The van der Waals surface area contributed by atoms with Crippen molar-refractivity contribution in [1.82, 2.24) is 0 Å². The molecular formula is C8H12O2. The average Bonchev–Trinajstić information content (AvgIpc) is 2.41. The number of carbonyl (C=O) groups is 2. The highest BCUT2D eigenvalue weighted by molar-refractivity contribution is 5.93. The van der Waals surface area contributed by atoms with Crippen molar-refractivity contribution < 1.29 is 9.59 Å². The van der Waals surface area contributed by atoms with E-state index >= 15 is 0 Å². The van der Waals surface area contributed by atoms with Crippen LogP contribution in [0.3, 0.4) is 0 Å². The molecule has 1 rings (SSSR count). The van der Waals surface area contributed by atoms with Crippen LogP contribution in [0, 0.1) is 11.3 Å². The molecule has 1 aliphatic rings. The molecule has 1 aliphatic carbocycles. The molecule has 0 aromatic carbocycles. The summed E-state index contributed by atoms with van der Waals surface area (Å²) in [5, 5.41) is 0. The maximum atomic E-state index is 11.0. The smallest absolute Gasteiger partial charge is 0.143 e. The lowest BCUT2D eigenvalue weighted by atomic mass is 10.1. The second-order valence-corrected chi connectivity index (χ2v) is 3.58. The summed E-state index contributed by atoms with van der Waals surface area (Å²) in [5.74, 6) is 0.276. The van der Waals surface area contributed by atoms with Crippen molar-refractivity contribution >= 4 is 12.1 Å². The summed E-state index contributed by atoms with van der Waals surface area (Å²) < 4.78 is 0. The van der Waals surface area contributed by atoms with Gasteiger partial charge in [0.25, 0.3) is 0 Å². The Hall–Kier alpha value is -0.660. The summed E-state index contributed by atoms with van der Waals surface area (Å²) in [6, 6.07) is 0. The zero-order chi connectivity index (χ0) is 7.78. The van der Waals surface area contributed by atoms with Gasteiger partial charge in [-0.2, -0.15) is 0 Å². The highest BCUT2D eigenvalue weighted by Crippen LogP contribution is 2.52. The van der Waals surface area contributed by atoms with Crippen molar-refractivity contribution in [2.45, 2.75) is 26.7 Å². The van der Waals surface area contributed by atoms with E-state index in [4.69, 9.17) is 0 Å². The van der Waals surface area contributed by atoms with Crippen LogP contribution in [-0.2, 0) is 9.59 Å². The summed E-state index contributed by atoms with van der Waals surface area (Å²) in [7, 11) is 0. The third-order valence-corrected chi connectivity index (χ3v) is 2.19. The monoisotopic (exact) mass is 140 g/mol. The second kappa shape index (κ2) is 2.19. The van der Waals surface area contributed by atoms with Crippen molar-refractivity contribution in [3.05, 3.63) is 0 Å². The van der Waals surface area contributed by atoms with Crippen LogP contribution in [-0.4, -0.2) is 12.1 Å². The van der Waals surface area contributed by atoms with Crippen LogP contribution in [0.15, 0.2) is 0 Å². The number of Topliss-reactive ketones (excluding diaryl/α,β-unsaturated/α-hetero) is 1. The number of rotatable bonds is 3. The third-order valence-electron chi connectivity index (χ3n) is 2.19. The van der Waals surface area contributed by atoms with E-state index in [1.54, 1.807) is 0 Å². The number of ketones is 1. The lowest BCUT2D eigenvalue weighted by Gasteiger charge is -1.97. The maximum absolute atomic E-state index is 11.0. The van der Waals surface area contributed by atoms with Gasteiger partial charge < -0.3 is 4.79 Å². The first kappa shape index (κ1) is 7.45. The minimum Gasteiger partial charge on any atom is -0.303 e. The highest BCUT2D eigenvalue weighted by atomic mass is 16.1. The molecule has 0 amide bonds. The van der Waals surface area contributed by atoms with Crippen molar-refractivity contribution in [3.8, 4) is 0 Å². The molecule has 0 aromatic heterocycles. The molecule has 0 aromatic rings. The molecule has 1 saturated carbocycles. The standard InChI is InChI=1S/C8H12O2/c1-8(2)5-6(8)7(10)3-4-9/h4,6H,3,5H2,1-2H3. The van der Waals surface area contributed by atoms with Crippen LogP contribution < -0.4 is 0 Å². The minimum atomic E-state index is 0.105. The van der Waals surface area contributed by atoms with Gasteiger partial charge in [-0.25, -0.2) is 0 Å². The predicted octanol–water partition coefficient (Wildman–Crippen LogP) is 1.19. The summed E-state index contributed by atoms with van der Waals surface area (Å²) in [4.78, 5) is 20.9. The first-order valence-corrected chi connectivity index (χ1v) is 3.54. The van der Waals surface area contributed by atoms with Crippen molar-refractivity contribution in [1.29, 1.82) is 0 Å². The van der Waals surface area contributed by atoms with Gasteiger partial charge in [0, 0.05) is 5.92 Å². The fourth-order valence-electron chi connectivity index (χ4n) is 1.24. The molecule has 0 aliphatic heterocycles. The number of carbonyl (C=O) groups excluding carboxylic acids is 2. The van der Waals surface area contributed by atoms with E-state index in [9.17, 15) is 9.59 Å². The molecule has 56 valence electrons. The first-order chi connectivity index (χ1) is 4.58. The van der Waals surface area contributed by atoms with Crippen molar-refractivity contribution in [2.24, 2.45) is 11.3 Å². The molecule has 0 bridgehead atoms.